The van der Waals surface area contributed by atoms with Gasteiger partial charge in [0.1, 0.15) is 10.7 Å². The first-order chi connectivity index (χ1) is 11.6. The minimum absolute atomic E-state index is 0.00330. The van der Waals surface area contributed by atoms with Crippen molar-refractivity contribution in [2.75, 3.05) is 20.6 Å². The van der Waals surface area contributed by atoms with E-state index in [4.69, 9.17) is 4.42 Å². The highest BCUT2D eigenvalue weighted by atomic mass is 32.2. The van der Waals surface area contributed by atoms with Gasteiger partial charge in [-0.25, -0.2) is 12.7 Å². The first kappa shape index (κ1) is 19.5. The van der Waals surface area contributed by atoms with Crippen LogP contribution in [-0.4, -0.2) is 50.3 Å². The quantitative estimate of drug-likeness (QED) is 0.783. The molecule has 2 N–H and O–H groups in total. The Hall–Kier alpha value is -1.87. The molecule has 0 bridgehead atoms. The molecule has 1 fully saturated rings. The molecule has 1 saturated carbocycles. The summed E-state index contributed by atoms with van der Waals surface area (Å²) < 4.78 is 30.7. The fraction of sp³-hybridized carbons (Fsp3) is 0.625. The number of nitrogens with zero attached hydrogens (tertiary/aromatic N) is 1. The van der Waals surface area contributed by atoms with Gasteiger partial charge in [0, 0.05) is 26.7 Å². The smallest absolute Gasteiger partial charge is 0.311 e. The summed E-state index contributed by atoms with van der Waals surface area (Å²) in [5, 5.41) is 12.1. The number of hydrogen-bond acceptors (Lipinski definition) is 5. The lowest BCUT2D eigenvalue weighted by Gasteiger charge is -2.33. The molecular formula is C16H24N2O6S. The van der Waals surface area contributed by atoms with Crippen molar-refractivity contribution in [1.82, 2.24) is 9.62 Å². The molecule has 1 heterocycles. The maximum absolute atomic E-state index is 12.3. The SMILES string of the molecule is Cc1oc(C(=O)NCC2(C(=O)O)CCCCC2)cc1S(=O)(=O)N(C)C. The number of carboxylic acid groups (broad SMARTS) is 1. The third-order valence-electron chi connectivity index (χ3n) is 4.71. The highest BCUT2D eigenvalue weighted by Crippen LogP contribution is 2.36. The summed E-state index contributed by atoms with van der Waals surface area (Å²) in [5.74, 6) is -1.56. The summed E-state index contributed by atoms with van der Waals surface area (Å²) in [6, 6.07) is 1.17. The predicted octanol–water partition coefficient (Wildman–Crippen LogP) is 1.60. The minimum atomic E-state index is -3.72. The van der Waals surface area contributed by atoms with Gasteiger partial charge in [-0.15, -0.1) is 0 Å². The third kappa shape index (κ3) is 3.87. The fourth-order valence-corrected chi connectivity index (χ4v) is 4.12. The Labute approximate surface area is 147 Å². The van der Waals surface area contributed by atoms with Crippen molar-refractivity contribution < 1.29 is 27.5 Å². The van der Waals surface area contributed by atoms with Gasteiger partial charge < -0.3 is 14.8 Å². The summed E-state index contributed by atoms with van der Waals surface area (Å²) in [7, 11) is -0.936. The molecule has 2 rings (SSSR count). The van der Waals surface area contributed by atoms with Crippen LogP contribution in [0.4, 0.5) is 0 Å². The standard InChI is InChI=1S/C16H24N2O6S/c1-11-13(25(22,23)18(2)3)9-12(24-11)14(19)17-10-16(15(20)21)7-5-4-6-8-16/h9H,4-8,10H2,1-3H3,(H,17,19)(H,20,21). The molecule has 1 aliphatic rings. The molecule has 1 aliphatic carbocycles. The summed E-state index contributed by atoms with van der Waals surface area (Å²) in [5.41, 5.74) is -0.964. The number of carbonyl (C=O) groups is 2. The van der Waals surface area contributed by atoms with Gasteiger partial charge in [-0.2, -0.15) is 0 Å². The molecule has 0 atom stereocenters. The number of rotatable bonds is 6. The lowest BCUT2D eigenvalue weighted by atomic mass is 9.74. The second kappa shape index (κ2) is 7.17. The second-order valence-electron chi connectivity index (χ2n) is 6.65. The van der Waals surface area contributed by atoms with Crippen LogP contribution in [0.15, 0.2) is 15.4 Å². The largest absolute Gasteiger partial charge is 0.481 e. The van der Waals surface area contributed by atoms with Gasteiger partial charge in [0.25, 0.3) is 5.91 Å². The van der Waals surface area contributed by atoms with E-state index in [1.807, 2.05) is 0 Å². The number of aryl methyl sites for hydroxylation is 1. The molecular weight excluding hydrogens is 348 g/mol. The number of aliphatic carboxylic acids is 1. The van der Waals surface area contributed by atoms with Crippen LogP contribution >= 0.6 is 0 Å². The van der Waals surface area contributed by atoms with E-state index in [-0.39, 0.29) is 23.0 Å². The van der Waals surface area contributed by atoms with Crippen LogP contribution in [0.25, 0.3) is 0 Å². The zero-order valence-corrected chi connectivity index (χ0v) is 15.5. The summed E-state index contributed by atoms with van der Waals surface area (Å²) in [6.45, 7) is 1.46. The molecule has 1 amide bonds. The van der Waals surface area contributed by atoms with Gasteiger partial charge in [-0.3, -0.25) is 9.59 Å². The van der Waals surface area contributed by atoms with E-state index in [0.29, 0.717) is 12.8 Å². The molecule has 1 aromatic heterocycles. The summed E-state index contributed by atoms with van der Waals surface area (Å²) in [6.07, 6.45) is 3.65. The first-order valence-electron chi connectivity index (χ1n) is 8.15. The Kier molecular flexibility index (Phi) is 5.58. The van der Waals surface area contributed by atoms with Crippen LogP contribution in [0.1, 0.15) is 48.4 Å². The van der Waals surface area contributed by atoms with Crippen molar-refractivity contribution in [2.24, 2.45) is 5.41 Å². The van der Waals surface area contributed by atoms with Crippen LogP contribution in [-0.2, 0) is 14.8 Å². The zero-order valence-electron chi connectivity index (χ0n) is 14.7. The van der Waals surface area contributed by atoms with Crippen molar-refractivity contribution >= 4 is 21.9 Å². The molecule has 1 aromatic rings. The van der Waals surface area contributed by atoms with Crippen molar-refractivity contribution in [3.63, 3.8) is 0 Å². The lowest BCUT2D eigenvalue weighted by molar-refractivity contribution is -0.150. The van der Waals surface area contributed by atoms with Gasteiger partial charge in [0.2, 0.25) is 10.0 Å². The van der Waals surface area contributed by atoms with Gasteiger partial charge in [0.15, 0.2) is 5.76 Å². The van der Waals surface area contributed by atoms with E-state index >= 15 is 0 Å². The first-order valence-corrected chi connectivity index (χ1v) is 9.59. The van der Waals surface area contributed by atoms with E-state index in [2.05, 4.69) is 5.32 Å². The molecule has 8 nitrogen and oxygen atoms in total. The maximum Gasteiger partial charge on any atom is 0.311 e. The Morgan fingerprint density at radius 1 is 1.28 bits per heavy atom. The number of hydrogen-bond donors (Lipinski definition) is 2. The van der Waals surface area contributed by atoms with Crippen LogP contribution < -0.4 is 5.32 Å². The molecule has 25 heavy (non-hydrogen) atoms. The summed E-state index contributed by atoms with van der Waals surface area (Å²) in [4.78, 5) is 23.9. The number of amides is 1. The molecule has 140 valence electrons. The number of carboxylic acids is 1. The van der Waals surface area contributed by atoms with Crippen LogP contribution in [0.5, 0.6) is 0 Å². The fourth-order valence-electron chi connectivity index (χ4n) is 3.06. The molecule has 0 unspecified atom stereocenters. The number of sulfonamides is 1. The third-order valence-corrected chi connectivity index (χ3v) is 6.63. The topological polar surface area (TPSA) is 117 Å². The van der Waals surface area contributed by atoms with Gasteiger partial charge in [-0.05, 0) is 19.8 Å². The zero-order chi connectivity index (χ0) is 18.8. The van der Waals surface area contributed by atoms with Crippen molar-refractivity contribution in [1.29, 1.82) is 0 Å². The number of furan rings is 1. The maximum atomic E-state index is 12.3. The van der Waals surface area contributed by atoms with Crippen LogP contribution in [0, 0.1) is 12.3 Å². The van der Waals surface area contributed by atoms with Crippen LogP contribution in [0.3, 0.4) is 0 Å². The Balaban J connectivity index is 2.15. The Bertz CT molecular complexity index is 760. The van der Waals surface area contributed by atoms with E-state index < -0.39 is 27.3 Å². The van der Waals surface area contributed by atoms with Gasteiger partial charge in [-0.1, -0.05) is 19.3 Å². The van der Waals surface area contributed by atoms with Gasteiger partial charge >= 0.3 is 5.97 Å². The van der Waals surface area contributed by atoms with Crippen molar-refractivity contribution in [3.8, 4) is 0 Å². The van der Waals surface area contributed by atoms with E-state index in [9.17, 15) is 23.1 Å². The number of carbonyl (C=O) groups excluding carboxylic acids is 1. The molecule has 0 saturated heterocycles. The van der Waals surface area contributed by atoms with E-state index in [0.717, 1.165) is 23.6 Å². The second-order valence-corrected chi connectivity index (χ2v) is 8.77. The molecule has 0 radical (unpaired) electrons. The van der Waals surface area contributed by atoms with Crippen molar-refractivity contribution in [2.45, 2.75) is 43.9 Å². The molecule has 0 aliphatic heterocycles. The van der Waals surface area contributed by atoms with Gasteiger partial charge in [0.05, 0.1) is 5.41 Å². The van der Waals surface area contributed by atoms with E-state index in [1.165, 1.54) is 27.1 Å². The minimum Gasteiger partial charge on any atom is -0.481 e. The molecule has 0 aromatic carbocycles. The molecule has 9 heteroatoms. The Morgan fingerprint density at radius 3 is 2.40 bits per heavy atom. The lowest BCUT2D eigenvalue weighted by Crippen LogP contribution is -2.44. The Morgan fingerprint density at radius 2 is 1.88 bits per heavy atom. The highest BCUT2D eigenvalue weighted by Gasteiger charge is 2.40. The highest BCUT2D eigenvalue weighted by molar-refractivity contribution is 7.89. The molecule has 0 spiro atoms. The van der Waals surface area contributed by atoms with Crippen LogP contribution in [0.2, 0.25) is 0 Å². The predicted molar refractivity (Wildman–Crippen MR) is 89.8 cm³/mol. The average Bonchev–Trinajstić information content (AvgIpc) is 2.96. The van der Waals surface area contributed by atoms with Crippen molar-refractivity contribution in [3.05, 3.63) is 17.6 Å². The summed E-state index contributed by atoms with van der Waals surface area (Å²) >= 11 is 0. The van der Waals surface area contributed by atoms with E-state index in [1.54, 1.807) is 0 Å². The normalized spacial score (nSPS) is 17.4. The average molecular weight is 372 g/mol. The number of nitrogens with one attached hydrogen (secondary N) is 1. The monoisotopic (exact) mass is 372 g/mol.